The van der Waals surface area contributed by atoms with Crippen LogP contribution in [0.5, 0.6) is 0 Å². The van der Waals surface area contributed by atoms with Crippen molar-refractivity contribution in [3.05, 3.63) is 29.6 Å². The van der Waals surface area contributed by atoms with Crippen LogP contribution in [0.3, 0.4) is 0 Å². The van der Waals surface area contributed by atoms with Gasteiger partial charge in [0.25, 0.3) is 0 Å². The molecule has 0 bridgehead atoms. The van der Waals surface area contributed by atoms with Gasteiger partial charge in [-0.1, -0.05) is 0 Å². The largest absolute Gasteiger partial charge is 0.394 e. The molecule has 0 amide bonds. The van der Waals surface area contributed by atoms with Crippen molar-refractivity contribution in [2.45, 2.75) is 38.8 Å². The number of nitrogens with zero attached hydrogens (tertiary/aromatic N) is 2. The summed E-state index contributed by atoms with van der Waals surface area (Å²) in [5.74, 6) is 0.446. The highest BCUT2D eigenvalue weighted by Gasteiger charge is 2.42. The van der Waals surface area contributed by atoms with E-state index in [2.05, 4.69) is 35.5 Å². The normalized spacial score (nSPS) is 18.7. The number of hydrogen-bond acceptors (Lipinski definition) is 3. The van der Waals surface area contributed by atoms with Gasteiger partial charge in [-0.15, -0.1) is 0 Å². The fourth-order valence-corrected chi connectivity index (χ4v) is 2.72. The highest BCUT2D eigenvalue weighted by molar-refractivity contribution is 5.77. The summed E-state index contributed by atoms with van der Waals surface area (Å²) in [6, 6.07) is 4.26. The Morgan fingerprint density at radius 1 is 1.37 bits per heavy atom. The molecule has 3 N–H and O–H groups in total. The fourth-order valence-electron chi connectivity index (χ4n) is 2.72. The van der Waals surface area contributed by atoms with Crippen LogP contribution in [0.1, 0.15) is 24.0 Å². The van der Waals surface area contributed by atoms with E-state index in [9.17, 15) is 5.11 Å². The predicted molar refractivity (Wildman–Crippen MR) is 75.9 cm³/mol. The lowest BCUT2D eigenvalue weighted by atomic mass is 9.95. The first-order valence-corrected chi connectivity index (χ1v) is 6.85. The minimum atomic E-state index is -0.508. The first kappa shape index (κ1) is 12.6. The van der Waals surface area contributed by atoms with Gasteiger partial charge in [0.15, 0.2) is 0 Å². The van der Waals surface area contributed by atoms with E-state index in [-0.39, 0.29) is 6.61 Å². The highest BCUT2D eigenvalue weighted by atomic mass is 16.3. The van der Waals surface area contributed by atoms with Crippen molar-refractivity contribution < 1.29 is 5.11 Å². The molecule has 0 radical (unpaired) electrons. The lowest BCUT2D eigenvalue weighted by Crippen LogP contribution is -2.49. The van der Waals surface area contributed by atoms with Crippen LogP contribution in [0.15, 0.2) is 18.5 Å². The molecule has 0 saturated heterocycles. The third-order valence-electron chi connectivity index (χ3n) is 4.39. The molecule has 4 heteroatoms. The number of aliphatic hydroxyl groups is 1. The average Bonchev–Trinajstić information content (AvgIpc) is 3.18. The van der Waals surface area contributed by atoms with Crippen molar-refractivity contribution in [2.75, 3.05) is 6.61 Å². The molecule has 1 fully saturated rings. The van der Waals surface area contributed by atoms with Gasteiger partial charge in [0.1, 0.15) is 0 Å². The van der Waals surface area contributed by atoms with Gasteiger partial charge in [0.05, 0.1) is 29.5 Å². The molecule has 1 unspecified atom stereocenters. The number of benzene rings is 1. The molecule has 0 aliphatic heterocycles. The lowest BCUT2D eigenvalue weighted by molar-refractivity contribution is 0.160. The van der Waals surface area contributed by atoms with Gasteiger partial charge >= 0.3 is 0 Å². The Morgan fingerprint density at radius 2 is 2.05 bits per heavy atom. The van der Waals surface area contributed by atoms with E-state index in [0.29, 0.717) is 12.5 Å². The molecule has 4 nitrogen and oxygen atoms in total. The summed E-state index contributed by atoms with van der Waals surface area (Å²) in [6.45, 7) is 4.86. The topological polar surface area (TPSA) is 64.1 Å². The van der Waals surface area contributed by atoms with Crippen LogP contribution >= 0.6 is 0 Å². The standard InChI is InChI=1S/C15H21N3O/c1-10-5-13-14(6-11(10)2)18(9-17-13)7-15(16,8-19)12-3-4-12/h5-6,9,12,19H,3-4,7-8,16H2,1-2H3. The number of aliphatic hydroxyl groups excluding tert-OH is 1. The number of rotatable bonds is 4. The second-order valence-electron chi connectivity index (χ2n) is 5.96. The SMILES string of the molecule is Cc1cc2ncn(CC(N)(CO)C3CC3)c2cc1C. The molecular formula is C15H21N3O. The number of aromatic nitrogens is 2. The van der Waals surface area contributed by atoms with Crippen molar-refractivity contribution >= 4 is 11.0 Å². The molecule has 0 spiro atoms. The van der Waals surface area contributed by atoms with Gasteiger partial charge in [-0.3, -0.25) is 0 Å². The van der Waals surface area contributed by atoms with E-state index in [4.69, 9.17) is 5.73 Å². The van der Waals surface area contributed by atoms with Crippen LogP contribution in [0, 0.1) is 19.8 Å². The summed E-state index contributed by atoms with van der Waals surface area (Å²) in [6.07, 6.45) is 4.09. The smallest absolute Gasteiger partial charge is 0.0958 e. The molecule has 19 heavy (non-hydrogen) atoms. The molecule has 1 atom stereocenters. The number of aryl methyl sites for hydroxylation is 2. The number of fused-ring (bicyclic) bond motifs is 1. The second-order valence-corrected chi connectivity index (χ2v) is 5.96. The van der Waals surface area contributed by atoms with E-state index < -0.39 is 5.54 Å². The zero-order valence-electron chi connectivity index (χ0n) is 11.6. The monoisotopic (exact) mass is 259 g/mol. The molecule has 1 aliphatic carbocycles. The Bertz CT molecular complexity index is 615. The summed E-state index contributed by atoms with van der Waals surface area (Å²) in [7, 11) is 0. The van der Waals surface area contributed by atoms with Gasteiger partial charge in [-0.25, -0.2) is 4.98 Å². The Balaban J connectivity index is 1.99. The molecule has 1 saturated carbocycles. The second kappa shape index (κ2) is 4.32. The highest BCUT2D eigenvalue weighted by Crippen LogP contribution is 2.39. The van der Waals surface area contributed by atoms with Crippen molar-refractivity contribution in [3.63, 3.8) is 0 Å². The van der Waals surface area contributed by atoms with Crippen LogP contribution in [0.2, 0.25) is 0 Å². The number of imidazole rings is 1. The minimum Gasteiger partial charge on any atom is -0.394 e. The maximum Gasteiger partial charge on any atom is 0.0958 e. The van der Waals surface area contributed by atoms with Crippen LogP contribution in [0.25, 0.3) is 11.0 Å². The Morgan fingerprint density at radius 3 is 2.68 bits per heavy atom. The average molecular weight is 259 g/mol. The van der Waals surface area contributed by atoms with Crippen molar-refractivity contribution in [1.29, 1.82) is 0 Å². The predicted octanol–water partition coefficient (Wildman–Crippen LogP) is 1.75. The molecule has 1 heterocycles. The fraction of sp³-hybridized carbons (Fsp3) is 0.533. The molecule has 2 aromatic rings. The minimum absolute atomic E-state index is 0.0299. The van der Waals surface area contributed by atoms with Crippen LogP contribution < -0.4 is 5.73 Å². The van der Waals surface area contributed by atoms with E-state index >= 15 is 0 Å². The summed E-state index contributed by atoms with van der Waals surface area (Å²) in [4.78, 5) is 4.44. The number of nitrogens with two attached hydrogens (primary N) is 1. The Hall–Kier alpha value is -1.39. The van der Waals surface area contributed by atoms with E-state index in [1.54, 1.807) is 0 Å². The molecule has 1 aromatic carbocycles. The van der Waals surface area contributed by atoms with Crippen LogP contribution in [-0.4, -0.2) is 26.8 Å². The molecule has 102 valence electrons. The third-order valence-corrected chi connectivity index (χ3v) is 4.39. The first-order chi connectivity index (χ1) is 9.03. The zero-order valence-corrected chi connectivity index (χ0v) is 11.6. The zero-order chi connectivity index (χ0) is 13.6. The quantitative estimate of drug-likeness (QED) is 0.879. The summed E-state index contributed by atoms with van der Waals surface area (Å²) < 4.78 is 2.08. The van der Waals surface area contributed by atoms with Crippen LogP contribution in [-0.2, 0) is 6.54 Å². The summed E-state index contributed by atoms with van der Waals surface area (Å²) in [5.41, 5.74) is 10.5. The maximum atomic E-state index is 9.61. The Labute approximate surface area is 113 Å². The van der Waals surface area contributed by atoms with Gasteiger partial charge in [0, 0.05) is 6.54 Å². The van der Waals surface area contributed by atoms with Crippen molar-refractivity contribution in [1.82, 2.24) is 9.55 Å². The van der Waals surface area contributed by atoms with Crippen molar-refractivity contribution in [3.8, 4) is 0 Å². The Kier molecular flexibility index (Phi) is 2.87. The van der Waals surface area contributed by atoms with Crippen LogP contribution in [0.4, 0.5) is 0 Å². The van der Waals surface area contributed by atoms with Gasteiger partial charge < -0.3 is 15.4 Å². The molecule has 1 aliphatic rings. The lowest BCUT2D eigenvalue weighted by Gasteiger charge is -2.27. The van der Waals surface area contributed by atoms with E-state index in [0.717, 1.165) is 23.9 Å². The third kappa shape index (κ3) is 2.15. The molecular weight excluding hydrogens is 238 g/mol. The van der Waals surface area contributed by atoms with Gasteiger partial charge in [-0.2, -0.15) is 0 Å². The van der Waals surface area contributed by atoms with Gasteiger partial charge in [-0.05, 0) is 55.9 Å². The summed E-state index contributed by atoms with van der Waals surface area (Å²) in [5, 5.41) is 9.61. The molecule has 1 aromatic heterocycles. The number of hydrogen-bond donors (Lipinski definition) is 2. The van der Waals surface area contributed by atoms with E-state index in [1.165, 1.54) is 11.1 Å². The maximum absolute atomic E-state index is 9.61. The molecule has 3 rings (SSSR count). The van der Waals surface area contributed by atoms with Gasteiger partial charge in [0.2, 0.25) is 0 Å². The first-order valence-electron chi connectivity index (χ1n) is 6.85. The summed E-state index contributed by atoms with van der Waals surface area (Å²) >= 11 is 0. The van der Waals surface area contributed by atoms with E-state index in [1.807, 2.05) is 6.33 Å². The van der Waals surface area contributed by atoms with Crippen molar-refractivity contribution in [2.24, 2.45) is 11.7 Å².